The van der Waals surface area contributed by atoms with Crippen LogP contribution < -0.4 is 32.3 Å². The highest BCUT2D eigenvalue weighted by Crippen LogP contribution is 2.23. The van der Waals surface area contributed by atoms with Gasteiger partial charge in [-0.05, 0) is 31.9 Å². The second-order valence-electron chi connectivity index (χ2n) is 5.12. The molecule has 0 radical (unpaired) electrons. The SMILES string of the molecule is Cl.Cl.O=c1[nH]c(N2CCN(c3[nH]c(=O)[nH]c(=O)c3Br)CC2)c(Br)c(=O)[nH]1. The van der Waals surface area contributed by atoms with Crippen molar-refractivity contribution in [3.63, 3.8) is 0 Å². The highest BCUT2D eigenvalue weighted by molar-refractivity contribution is 9.11. The van der Waals surface area contributed by atoms with Gasteiger partial charge in [0.15, 0.2) is 0 Å². The first-order valence-electron chi connectivity index (χ1n) is 6.91. The Hall–Kier alpha value is -1.50. The van der Waals surface area contributed by atoms with Gasteiger partial charge in [0.25, 0.3) is 11.1 Å². The van der Waals surface area contributed by atoms with Gasteiger partial charge in [-0.3, -0.25) is 29.5 Å². The molecule has 1 fully saturated rings. The smallest absolute Gasteiger partial charge is 0.327 e. The molecule has 14 heteroatoms. The molecule has 0 aromatic carbocycles. The van der Waals surface area contributed by atoms with Crippen molar-refractivity contribution < 1.29 is 0 Å². The lowest BCUT2D eigenvalue weighted by atomic mass is 10.3. The fourth-order valence-corrected chi connectivity index (χ4v) is 3.41. The van der Waals surface area contributed by atoms with E-state index in [-0.39, 0.29) is 33.8 Å². The number of piperazine rings is 1. The van der Waals surface area contributed by atoms with Gasteiger partial charge in [0.05, 0.1) is 0 Å². The Balaban J connectivity index is 0.00000169. The second-order valence-corrected chi connectivity index (χ2v) is 6.70. The normalized spacial score (nSPS) is 13.8. The number of nitrogens with zero attached hydrogens (tertiary/aromatic N) is 2. The molecular formula is C12H14Br2Cl2N6O4. The van der Waals surface area contributed by atoms with Crippen LogP contribution in [0.25, 0.3) is 0 Å². The van der Waals surface area contributed by atoms with Crippen LogP contribution in [0.3, 0.4) is 0 Å². The number of nitrogens with one attached hydrogen (secondary N) is 4. The van der Waals surface area contributed by atoms with Crippen molar-refractivity contribution in [3.8, 4) is 0 Å². The van der Waals surface area contributed by atoms with Crippen molar-refractivity contribution in [2.24, 2.45) is 0 Å². The van der Waals surface area contributed by atoms with Gasteiger partial charge >= 0.3 is 11.4 Å². The summed E-state index contributed by atoms with van der Waals surface area (Å²) < 4.78 is 0.502. The van der Waals surface area contributed by atoms with Gasteiger partial charge in [0.1, 0.15) is 20.6 Å². The van der Waals surface area contributed by atoms with Crippen LogP contribution in [-0.4, -0.2) is 46.1 Å². The summed E-state index contributed by atoms with van der Waals surface area (Å²) in [7, 11) is 0. The lowest BCUT2D eigenvalue weighted by molar-refractivity contribution is 0.634. The number of hydrogen-bond donors (Lipinski definition) is 4. The van der Waals surface area contributed by atoms with Crippen LogP contribution in [0.5, 0.6) is 0 Å². The van der Waals surface area contributed by atoms with Gasteiger partial charge in [-0.1, -0.05) is 0 Å². The monoisotopic (exact) mass is 534 g/mol. The van der Waals surface area contributed by atoms with Gasteiger partial charge in [-0.2, -0.15) is 0 Å². The summed E-state index contributed by atoms with van der Waals surface area (Å²) in [5.74, 6) is 0.809. The fourth-order valence-electron chi connectivity index (χ4n) is 2.51. The molecule has 3 rings (SSSR count). The van der Waals surface area contributed by atoms with Crippen LogP contribution in [0.15, 0.2) is 28.1 Å². The maximum absolute atomic E-state index is 11.7. The molecule has 2 aromatic heterocycles. The molecule has 0 spiro atoms. The topological polar surface area (TPSA) is 138 Å². The first-order valence-corrected chi connectivity index (χ1v) is 8.49. The average Bonchev–Trinajstić information content (AvgIpc) is 2.54. The Kier molecular flexibility index (Phi) is 7.74. The van der Waals surface area contributed by atoms with E-state index >= 15 is 0 Å². The zero-order valence-electron chi connectivity index (χ0n) is 12.9. The Morgan fingerprint density at radius 3 is 1.23 bits per heavy atom. The average molecular weight is 537 g/mol. The van der Waals surface area contributed by atoms with E-state index in [2.05, 4.69) is 51.8 Å². The lowest BCUT2D eigenvalue weighted by Crippen LogP contribution is -2.49. The Labute approximate surface area is 174 Å². The largest absolute Gasteiger partial charge is 0.353 e. The summed E-state index contributed by atoms with van der Waals surface area (Å²) >= 11 is 6.34. The van der Waals surface area contributed by atoms with Crippen molar-refractivity contribution >= 4 is 68.3 Å². The number of aromatic nitrogens is 4. The summed E-state index contributed by atoms with van der Waals surface area (Å²) in [6, 6.07) is 0. The molecule has 0 amide bonds. The van der Waals surface area contributed by atoms with Gasteiger partial charge in [0, 0.05) is 26.2 Å². The van der Waals surface area contributed by atoms with E-state index < -0.39 is 22.5 Å². The standard InChI is InChI=1S/C12H12Br2N6O4.2ClH/c13-5-7(15-11(23)17-9(5)21)19-1-2-20(4-3-19)8-6(14)10(22)18-12(24)16-8;;/h1-4H2,(H2,15,17,21,23)(H2,16,18,22,24);2*1H. The summed E-state index contributed by atoms with van der Waals surface area (Å²) in [4.78, 5) is 59.4. The van der Waals surface area contributed by atoms with Crippen LogP contribution in [0, 0.1) is 0 Å². The number of anilines is 2. The van der Waals surface area contributed by atoms with Crippen LogP contribution in [-0.2, 0) is 0 Å². The molecule has 1 aliphatic rings. The Morgan fingerprint density at radius 1 is 0.615 bits per heavy atom. The zero-order chi connectivity index (χ0) is 17.4. The molecule has 4 N–H and O–H groups in total. The predicted octanol–water partition coefficient (Wildman–Crippen LogP) is 0.135. The van der Waals surface area contributed by atoms with E-state index in [0.29, 0.717) is 37.8 Å². The molecule has 2 aromatic rings. The third-order valence-corrected chi connectivity index (χ3v) is 5.12. The van der Waals surface area contributed by atoms with Crippen molar-refractivity contribution in [2.45, 2.75) is 0 Å². The van der Waals surface area contributed by atoms with E-state index in [1.807, 2.05) is 9.80 Å². The van der Waals surface area contributed by atoms with Crippen molar-refractivity contribution in [3.05, 3.63) is 50.6 Å². The van der Waals surface area contributed by atoms with Crippen molar-refractivity contribution in [1.82, 2.24) is 19.9 Å². The van der Waals surface area contributed by atoms with E-state index in [9.17, 15) is 19.2 Å². The molecule has 0 bridgehead atoms. The maximum atomic E-state index is 11.7. The molecule has 0 atom stereocenters. The minimum absolute atomic E-state index is 0. The minimum Gasteiger partial charge on any atom is -0.353 e. The molecule has 26 heavy (non-hydrogen) atoms. The Morgan fingerprint density at radius 2 is 0.923 bits per heavy atom. The van der Waals surface area contributed by atoms with Crippen molar-refractivity contribution in [2.75, 3.05) is 36.0 Å². The molecule has 3 heterocycles. The molecular weight excluding hydrogens is 523 g/mol. The van der Waals surface area contributed by atoms with Crippen LogP contribution in [0.4, 0.5) is 11.6 Å². The molecule has 10 nitrogen and oxygen atoms in total. The van der Waals surface area contributed by atoms with Gasteiger partial charge in [-0.15, -0.1) is 24.8 Å². The molecule has 0 aliphatic carbocycles. The first kappa shape index (κ1) is 22.5. The quantitative estimate of drug-likeness (QED) is 0.431. The molecule has 0 saturated carbocycles. The number of halogens is 4. The maximum Gasteiger partial charge on any atom is 0.327 e. The highest BCUT2D eigenvalue weighted by atomic mass is 79.9. The van der Waals surface area contributed by atoms with Crippen molar-refractivity contribution in [1.29, 1.82) is 0 Å². The molecule has 0 unspecified atom stereocenters. The van der Waals surface area contributed by atoms with Gasteiger partial charge < -0.3 is 9.80 Å². The third kappa shape index (κ3) is 4.42. The zero-order valence-corrected chi connectivity index (χ0v) is 17.7. The minimum atomic E-state index is -0.581. The Bertz CT molecular complexity index is 927. The highest BCUT2D eigenvalue weighted by Gasteiger charge is 2.23. The predicted molar refractivity (Wildman–Crippen MR) is 110 cm³/mol. The summed E-state index contributed by atoms with van der Waals surface area (Å²) in [5, 5.41) is 0. The third-order valence-electron chi connectivity index (χ3n) is 3.64. The first-order chi connectivity index (χ1) is 11.4. The van der Waals surface area contributed by atoms with E-state index in [0.717, 1.165) is 0 Å². The molecule has 1 aliphatic heterocycles. The molecule has 1 saturated heterocycles. The second kappa shape index (κ2) is 8.93. The number of hydrogen-bond acceptors (Lipinski definition) is 6. The van der Waals surface area contributed by atoms with E-state index in [1.165, 1.54) is 0 Å². The number of rotatable bonds is 2. The number of aromatic amines is 4. The van der Waals surface area contributed by atoms with E-state index in [1.54, 1.807) is 0 Å². The van der Waals surface area contributed by atoms with Crippen LogP contribution in [0.1, 0.15) is 0 Å². The van der Waals surface area contributed by atoms with E-state index in [4.69, 9.17) is 0 Å². The van der Waals surface area contributed by atoms with Gasteiger partial charge in [-0.25, -0.2) is 9.59 Å². The molecule has 144 valence electrons. The summed E-state index contributed by atoms with van der Waals surface area (Å²) in [5.41, 5.74) is -2.17. The lowest BCUT2D eigenvalue weighted by Gasteiger charge is -2.36. The van der Waals surface area contributed by atoms with Gasteiger partial charge in [0.2, 0.25) is 0 Å². The number of H-pyrrole nitrogens is 4. The van der Waals surface area contributed by atoms with Crippen LogP contribution >= 0.6 is 56.7 Å². The summed E-state index contributed by atoms with van der Waals surface area (Å²) in [6.07, 6.45) is 0. The summed E-state index contributed by atoms with van der Waals surface area (Å²) in [6.45, 7) is 1.94. The fraction of sp³-hybridized carbons (Fsp3) is 0.333. The van der Waals surface area contributed by atoms with Crippen LogP contribution in [0.2, 0.25) is 0 Å².